The first-order valence-corrected chi connectivity index (χ1v) is 7.64. The molecular weight excluding hydrogens is 298 g/mol. The van der Waals surface area contributed by atoms with Gasteiger partial charge in [-0.25, -0.2) is 4.68 Å². The number of hydrogen-bond donors (Lipinski definition) is 1. The summed E-state index contributed by atoms with van der Waals surface area (Å²) < 4.78 is 3.33. The molecule has 9 nitrogen and oxygen atoms in total. The number of nitro groups is 1. The summed E-state index contributed by atoms with van der Waals surface area (Å²) in [5, 5.41) is 23.0. The van der Waals surface area contributed by atoms with E-state index in [1.165, 1.54) is 0 Å². The van der Waals surface area contributed by atoms with Gasteiger partial charge in [-0.15, -0.1) is 0 Å². The van der Waals surface area contributed by atoms with Gasteiger partial charge < -0.3 is 10.2 Å². The van der Waals surface area contributed by atoms with Crippen LogP contribution in [0.3, 0.4) is 0 Å². The second kappa shape index (κ2) is 5.90. The van der Waals surface area contributed by atoms with Crippen LogP contribution in [0, 0.1) is 17.0 Å². The van der Waals surface area contributed by atoms with Gasteiger partial charge in [-0.05, 0) is 19.8 Å². The highest BCUT2D eigenvalue weighted by Crippen LogP contribution is 2.29. The van der Waals surface area contributed by atoms with Crippen molar-refractivity contribution in [2.75, 3.05) is 23.3 Å². The molecule has 1 N–H and O–H groups in total. The van der Waals surface area contributed by atoms with E-state index in [0.29, 0.717) is 11.5 Å². The minimum atomic E-state index is -0.369. The molecule has 1 fully saturated rings. The third kappa shape index (κ3) is 2.99. The monoisotopic (exact) mass is 319 g/mol. The molecular formula is C14H21N7O2. The summed E-state index contributed by atoms with van der Waals surface area (Å²) in [6.45, 7) is 3.41. The first kappa shape index (κ1) is 15.3. The fourth-order valence-corrected chi connectivity index (χ4v) is 3.12. The number of aromatic nitrogens is 4. The van der Waals surface area contributed by atoms with Crippen LogP contribution in [-0.4, -0.2) is 43.6 Å². The molecule has 124 valence electrons. The first-order chi connectivity index (χ1) is 11.0. The van der Waals surface area contributed by atoms with Crippen molar-refractivity contribution < 1.29 is 4.92 Å². The van der Waals surface area contributed by atoms with Crippen LogP contribution < -0.4 is 10.2 Å². The lowest BCUT2D eigenvalue weighted by atomic mass is 10.1. The van der Waals surface area contributed by atoms with Gasteiger partial charge in [0.15, 0.2) is 0 Å². The second-order valence-corrected chi connectivity index (χ2v) is 5.97. The highest BCUT2D eigenvalue weighted by molar-refractivity contribution is 5.60. The van der Waals surface area contributed by atoms with Crippen molar-refractivity contribution in [1.82, 2.24) is 19.6 Å². The third-order valence-electron chi connectivity index (χ3n) is 4.19. The van der Waals surface area contributed by atoms with Crippen molar-refractivity contribution in [2.24, 2.45) is 14.1 Å². The fourth-order valence-electron chi connectivity index (χ4n) is 3.12. The molecule has 0 radical (unpaired) electrons. The molecule has 2 aromatic heterocycles. The molecule has 3 rings (SSSR count). The number of nitrogens with zero attached hydrogens (tertiary/aromatic N) is 6. The van der Waals surface area contributed by atoms with Crippen LogP contribution in [0.1, 0.15) is 18.5 Å². The third-order valence-corrected chi connectivity index (χ3v) is 4.19. The Morgan fingerprint density at radius 3 is 2.87 bits per heavy atom. The molecule has 1 saturated heterocycles. The van der Waals surface area contributed by atoms with Crippen LogP contribution in [0.25, 0.3) is 0 Å². The van der Waals surface area contributed by atoms with Crippen LogP contribution in [0.4, 0.5) is 17.2 Å². The van der Waals surface area contributed by atoms with Crippen molar-refractivity contribution in [3.63, 3.8) is 0 Å². The Labute approximate surface area is 134 Å². The lowest BCUT2D eigenvalue weighted by molar-refractivity contribution is -0.384. The van der Waals surface area contributed by atoms with Crippen molar-refractivity contribution in [2.45, 2.75) is 25.8 Å². The number of piperidine rings is 1. The molecule has 0 aliphatic carbocycles. The molecule has 9 heteroatoms. The Kier molecular flexibility index (Phi) is 3.93. The molecule has 0 saturated carbocycles. The van der Waals surface area contributed by atoms with E-state index < -0.39 is 0 Å². The average Bonchev–Trinajstić information content (AvgIpc) is 3.03. The molecule has 0 bridgehead atoms. The summed E-state index contributed by atoms with van der Waals surface area (Å²) in [4.78, 5) is 13.2. The van der Waals surface area contributed by atoms with Gasteiger partial charge in [-0.2, -0.15) is 10.2 Å². The Morgan fingerprint density at radius 1 is 1.43 bits per heavy atom. The predicted octanol–water partition coefficient (Wildman–Crippen LogP) is 1.45. The van der Waals surface area contributed by atoms with E-state index in [0.717, 1.165) is 31.6 Å². The Hall–Kier alpha value is -2.58. The smallest absolute Gasteiger partial charge is 0.333 e. The van der Waals surface area contributed by atoms with E-state index in [-0.39, 0.29) is 16.7 Å². The lowest BCUT2D eigenvalue weighted by Crippen LogP contribution is -2.42. The van der Waals surface area contributed by atoms with Crippen LogP contribution in [0.15, 0.2) is 12.4 Å². The minimum Gasteiger partial charge on any atom is -0.367 e. The molecule has 3 heterocycles. The highest BCUT2D eigenvalue weighted by atomic mass is 16.6. The Morgan fingerprint density at radius 2 is 2.22 bits per heavy atom. The quantitative estimate of drug-likeness (QED) is 0.677. The van der Waals surface area contributed by atoms with Gasteiger partial charge in [-0.3, -0.25) is 14.8 Å². The van der Waals surface area contributed by atoms with Crippen molar-refractivity contribution >= 4 is 17.2 Å². The first-order valence-electron chi connectivity index (χ1n) is 7.64. The van der Waals surface area contributed by atoms with E-state index in [1.807, 2.05) is 19.4 Å². The van der Waals surface area contributed by atoms with E-state index in [9.17, 15) is 10.1 Å². The van der Waals surface area contributed by atoms with Gasteiger partial charge >= 0.3 is 5.69 Å². The zero-order chi connectivity index (χ0) is 16.6. The molecule has 0 aromatic carbocycles. The van der Waals surface area contributed by atoms with Gasteiger partial charge in [0, 0.05) is 39.4 Å². The number of anilines is 2. The summed E-state index contributed by atoms with van der Waals surface area (Å²) >= 11 is 0. The standard InChI is InChI=1S/C14H21N7O2/c1-10-13(21(22)23)14(19(3)17-10)16-11-5-4-6-20(8-11)12-7-15-18(2)9-12/h7,9,11,16H,4-6,8H2,1-3H3. The summed E-state index contributed by atoms with van der Waals surface area (Å²) in [5.41, 5.74) is 1.57. The van der Waals surface area contributed by atoms with Gasteiger partial charge in [0.1, 0.15) is 5.69 Å². The number of aryl methyl sites for hydroxylation is 3. The summed E-state index contributed by atoms with van der Waals surface area (Å²) in [5.74, 6) is 0.477. The molecule has 1 aliphatic rings. The molecule has 0 amide bonds. The summed E-state index contributed by atoms with van der Waals surface area (Å²) in [6, 6.07) is 0.137. The van der Waals surface area contributed by atoms with Gasteiger partial charge in [0.25, 0.3) is 0 Å². The van der Waals surface area contributed by atoms with Crippen LogP contribution in [0.2, 0.25) is 0 Å². The Bertz CT molecular complexity index is 721. The van der Waals surface area contributed by atoms with E-state index >= 15 is 0 Å². The molecule has 1 atom stereocenters. The number of rotatable bonds is 4. The van der Waals surface area contributed by atoms with E-state index in [2.05, 4.69) is 20.4 Å². The second-order valence-electron chi connectivity index (χ2n) is 5.97. The Balaban J connectivity index is 1.77. The van der Waals surface area contributed by atoms with Crippen molar-refractivity contribution in [3.05, 3.63) is 28.2 Å². The average molecular weight is 319 g/mol. The van der Waals surface area contributed by atoms with Crippen LogP contribution in [-0.2, 0) is 14.1 Å². The molecule has 1 aliphatic heterocycles. The zero-order valence-electron chi connectivity index (χ0n) is 13.6. The largest absolute Gasteiger partial charge is 0.367 e. The lowest BCUT2D eigenvalue weighted by Gasteiger charge is -2.34. The molecule has 1 unspecified atom stereocenters. The predicted molar refractivity (Wildman–Crippen MR) is 86.7 cm³/mol. The minimum absolute atomic E-state index is 0.0611. The number of hydrogen-bond acceptors (Lipinski definition) is 6. The van der Waals surface area contributed by atoms with Crippen molar-refractivity contribution in [3.8, 4) is 0 Å². The maximum Gasteiger partial charge on any atom is 0.333 e. The molecule has 2 aromatic rings. The number of nitrogens with one attached hydrogen (secondary N) is 1. The summed E-state index contributed by atoms with van der Waals surface area (Å²) in [6.07, 6.45) is 5.83. The fraction of sp³-hybridized carbons (Fsp3) is 0.571. The molecule has 23 heavy (non-hydrogen) atoms. The van der Waals surface area contributed by atoms with E-state index in [1.54, 1.807) is 23.3 Å². The van der Waals surface area contributed by atoms with Gasteiger partial charge in [-0.1, -0.05) is 0 Å². The molecule has 0 spiro atoms. The normalized spacial score (nSPS) is 18.2. The van der Waals surface area contributed by atoms with Gasteiger partial charge in [0.2, 0.25) is 5.82 Å². The van der Waals surface area contributed by atoms with Crippen LogP contribution in [0.5, 0.6) is 0 Å². The van der Waals surface area contributed by atoms with E-state index in [4.69, 9.17) is 0 Å². The van der Waals surface area contributed by atoms with Gasteiger partial charge in [0.05, 0.1) is 16.8 Å². The highest BCUT2D eigenvalue weighted by Gasteiger charge is 2.28. The topological polar surface area (TPSA) is 94.1 Å². The SMILES string of the molecule is Cc1nn(C)c(NC2CCCN(c3cnn(C)c3)C2)c1[N+](=O)[O-]. The van der Waals surface area contributed by atoms with Crippen LogP contribution >= 0.6 is 0 Å². The summed E-state index contributed by atoms with van der Waals surface area (Å²) in [7, 11) is 3.62. The zero-order valence-corrected chi connectivity index (χ0v) is 13.6. The van der Waals surface area contributed by atoms with Crippen molar-refractivity contribution in [1.29, 1.82) is 0 Å². The maximum absolute atomic E-state index is 11.3. The maximum atomic E-state index is 11.3.